The molecule has 0 unspecified atom stereocenters. The van der Waals surface area contributed by atoms with Crippen molar-refractivity contribution >= 4 is 57.7 Å². The van der Waals surface area contributed by atoms with Gasteiger partial charge in [0, 0.05) is 110 Å². The van der Waals surface area contributed by atoms with Gasteiger partial charge in [-0.15, -0.1) is 11.3 Å². The van der Waals surface area contributed by atoms with Crippen LogP contribution in [0.4, 0.5) is 17.6 Å². The number of carbonyl (C=O) groups is 3. The van der Waals surface area contributed by atoms with Gasteiger partial charge in [0.1, 0.15) is 48.3 Å². The van der Waals surface area contributed by atoms with E-state index >= 15 is 0 Å². The van der Waals surface area contributed by atoms with Gasteiger partial charge in [-0.2, -0.15) is 4.98 Å². The summed E-state index contributed by atoms with van der Waals surface area (Å²) in [7, 11) is 1.77. The quantitative estimate of drug-likeness (QED) is 0.0587. The average Bonchev–Trinajstić information content (AvgIpc) is 4.17. The molecule has 406 valence electrons. The van der Waals surface area contributed by atoms with Crippen molar-refractivity contribution in [2.24, 2.45) is 5.41 Å². The Morgan fingerprint density at radius 3 is 2.23 bits per heavy atom. The first kappa shape index (κ1) is 55.5. The van der Waals surface area contributed by atoms with Gasteiger partial charge in [0.05, 0.1) is 40.4 Å². The highest BCUT2D eigenvalue weighted by Gasteiger charge is 2.45. The summed E-state index contributed by atoms with van der Waals surface area (Å²) in [6, 6.07) is 9.83. The van der Waals surface area contributed by atoms with Crippen molar-refractivity contribution in [3.63, 3.8) is 0 Å². The molecule has 3 aliphatic heterocycles. The van der Waals surface area contributed by atoms with Gasteiger partial charge < -0.3 is 59.4 Å². The molecule has 75 heavy (non-hydrogen) atoms. The second kappa shape index (κ2) is 25.9. The van der Waals surface area contributed by atoms with Crippen molar-refractivity contribution in [1.82, 2.24) is 54.8 Å². The third-order valence-corrected chi connectivity index (χ3v) is 15.2. The largest absolute Gasteiger partial charge is 0.391 e. The van der Waals surface area contributed by atoms with E-state index < -0.39 is 35.4 Å². The molecule has 0 radical (unpaired) electrons. The second-order valence-electron chi connectivity index (χ2n) is 21.3. The molecule has 3 saturated heterocycles. The fraction of sp³-hybridized carbons (Fsp3) is 0.593. The number of imidazole rings is 1. The normalized spacial score (nSPS) is 18.9. The number of hydrogen-bond acceptors (Lipinski definition) is 17. The van der Waals surface area contributed by atoms with Crippen LogP contribution in [-0.2, 0) is 35.2 Å². The Kier molecular flexibility index (Phi) is 19.2. The fourth-order valence-electron chi connectivity index (χ4n) is 10.1. The summed E-state index contributed by atoms with van der Waals surface area (Å²) < 4.78 is 19.8. The molecule has 4 atom stereocenters. The van der Waals surface area contributed by atoms with Gasteiger partial charge in [-0.1, -0.05) is 45.0 Å². The molecule has 5 aromatic rings. The molecule has 3 aliphatic rings. The first-order valence-electron chi connectivity index (χ1n) is 26.6. The third-order valence-electron chi connectivity index (χ3n) is 14.3. The van der Waals surface area contributed by atoms with Crippen LogP contribution in [0.1, 0.15) is 97.1 Å². The van der Waals surface area contributed by atoms with Crippen LogP contribution in [0.15, 0.2) is 60.5 Å². The number of benzene rings is 1. The van der Waals surface area contributed by atoms with Crippen LogP contribution in [-0.4, -0.2) is 177 Å². The van der Waals surface area contributed by atoms with E-state index in [4.69, 9.17) is 24.2 Å². The predicted octanol–water partition coefficient (Wildman–Crippen LogP) is 5.59. The minimum Gasteiger partial charge on any atom is -0.391 e. The number of likely N-dealkylation sites (tertiary alicyclic amines) is 1. The molecular formula is C54H77N13O7S. The van der Waals surface area contributed by atoms with Gasteiger partial charge in [0.15, 0.2) is 0 Å². The highest BCUT2D eigenvalue weighted by Crippen LogP contribution is 2.30. The van der Waals surface area contributed by atoms with E-state index in [2.05, 4.69) is 64.0 Å². The average molecular weight is 1050 g/mol. The Balaban J connectivity index is 0.710. The number of nitrogens with zero attached hydrogens (tertiary/aromatic N) is 10. The molecule has 20 nitrogen and oxygen atoms in total. The fourth-order valence-corrected chi connectivity index (χ4v) is 10.8. The lowest BCUT2D eigenvalue weighted by Gasteiger charge is -2.35. The van der Waals surface area contributed by atoms with Crippen molar-refractivity contribution < 1.29 is 33.7 Å². The molecule has 4 N–H and O–H groups in total. The molecule has 8 rings (SSSR count). The molecule has 3 fully saturated rings. The highest BCUT2D eigenvalue weighted by molar-refractivity contribution is 7.13. The van der Waals surface area contributed by atoms with E-state index in [-0.39, 0.29) is 43.7 Å². The van der Waals surface area contributed by atoms with E-state index in [0.717, 1.165) is 111 Å². The Morgan fingerprint density at radius 1 is 0.867 bits per heavy atom. The lowest BCUT2D eigenvalue weighted by Crippen LogP contribution is -2.58. The van der Waals surface area contributed by atoms with E-state index in [1.807, 2.05) is 70.3 Å². The Labute approximate surface area is 445 Å². The number of rotatable bonds is 23. The molecule has 3 amide bonds. The predicted molar refractivity (Wildman–Crippen MR) is 290 cm³/mol. The summed E-state index contributed by atoms with van der Waals surface area (Å²) in [6.45, 7) is 20.4. The summed E-state index contributed by atoms with van der Waals surface area (Å²) in [5.41, 5.74) is 4.88. The van der Waals surface area contributed by atoms with Crippen LogP contribution >= 0.6 is 11.3 Å². The van der Waals surface area contributed by atoms with Crippen LogP contribution in [0.5, 0.6) is 0 Å². The van der Waals surface area contributed by atoms with Crippen LogP contribution in [0.25, 0.3) is 21.5 Å². The molecular weight excluding hydrogens is 975 g/mol. The van der Waals surface area contributed by atoms with Crippen LogP contribution < -0.4 is 20.9 Å². The standard InChI is InChI=1S/C54H77N13O7S/c1-36(2)67-43-29-47(60-46-14-17-56-53(61-46)65-20-15-41(72-7)16-21-65)57-30-42(43)59-48(67)33-73-26-8-18-63-22-24-64(25-23-63)19-9-27-74-34-49(69)62-50(54(4,5)6)52(71)66-32-40(68)28-44(66)51(70)58-37(3)38-10-12-39(13-11-38)45-31-55-35-75-45/h10-14,17,29-31,35-37,40-41,44,50,68H,8-9,15-16,18-28,32-34H2,1-7H3,(H,58,70)(H,62,69)(H,56,57,60,61)/t37-,40+,44-,50+/m0/s1. The number of piperidine rings is 1. The number of methoxy groups -OCH3 is 1. The van der Waals surface area contributed by atoms with E-state index in [0.29, 0.717) is 37.4 Å². The number of fused-ring (bicyclic) bond motifs is 1. The zero-order valence-electron chi connectivity index (χ0n) is 44.7. The number of pyridine rings is 1. The monoisotopic (exact) mass is 1050 g/mol. The first-order chi connectivity index (χ1) is 36.1. The maximum Gasteiger partial charge on any atom is 0.246 e. The molecule has 0 saturated carbocycles. The molecule has 4 aromatic heterocycles. The summed E-state index contributed by atoms with van der Waals surface area (Å²) >= 11 is 1.56. The van der Waals surface area contributed by atoms with Crippen molar-refractivity contribution in [3.05, 3.63) is 71.9 Å². The van der Waals surface area contributed by atoms with Gasteiger partial charge in [-0.25, -0.2) is 15.0 Å². The number of carbonyl (C=O) groups excluding carboxylic acids is 3. The zero-order chi connectivity index (χ0) is 53.1. The molecule has 0 spiro atoms. The topological polar surface area (TPSA) is 218 Å². The van der Waals surface area contributed by atoms with Crippen LogP contribution in [0, 0.1) is 5.41 Å². The number of ether oxygens (including phenoxy) is 3. The van der Waals surface area contributed by atoms with Crippen molar-refractivity contribution in [1.29, 1.82) is 0 Å². The summed E-state index contributed by atoms with van der Waals surface area (Å²) in [5.74, 6) is 1.78. The van der Waals surface area contributed by atoms with E-state index in [9.17, 15) is 19.5 Å². The maximum atomic E-state index is 14.1. The number of nitrogens with one attached hydrogen (secondary N) is 3. The van der Waals surface area contributed by atoms with Crippen LogP contribution in [0.3, 0.4) is 0 Å². The third kappa shape index (κ3) is 14.8. The maximum absolute atomic E-state index is 14.1. The van der Waals surface area contributed by atoms with E-state index in [1.54, 1.807) is 36.4 Å². The Hall–Kier alpha value is -5.68. The zero-order valence-corrected chi connectivity index (χ0v) is 45.6. The minimum atomic E-state index is -0.930. The number of aliphatic hydroxyl groups excluding tert-OH is 1. The molecule has 1 aromatic carbocycles. The van der Waals surface area contributed by atoms with Crippen molar-refractivity contribution in [3.8, 4) is 10.4 Å². The van der Waals surface area contributed by atoms with Crippen molar-refractivity contribution in [2.75, 3.05) is 96.0 Å². The van der Waals surface area contributed by atoms with E-state index in [1.165, 1.54) is 4.90 Å². The number of hydrogen-bond donors (Lipinski definition) is 4. The van der Waals surface area contributed by atoms with Gasteiger partial charge >= 0.3 is 0 Å². The number of β-amino-alcohol motifs (C(OH)–C–C–N with tert-alkyl or cyclic N) is 1. The lowest BCUT2D eigenvalue weighted by molar-refractivity contribution is -0.144. The summed E-state index contributed by atoms with van der Waals surface area (Å²) in [6.07, 6.45) is 8.53. The summed E-state index contributed by atoms with van der Waals surface area (Å²) in [4.78, 5) is 73.6. The number of anilines is 3. The number of piperazine rings is 1. The highest BCUT2D eigenvalue weighted by atomic mass is 32.1. The minimum absolute atomic E-state index is 0.00406. The van der Waals surface area contributed by atoms with Gasteiger partial charge in [0.2, 0.25) is 23.7 Å². The lowest BCUT2D eigenvalue weighted by atomic mass is 9.85. The number of aromatic nitrogens is 6. The molecule has 0 aliphatic carbocycles. The SMILES string of the molecule is COC1CCN(c2nccc(Nc3cc4c(cn3)nc(COCCCN3CCN(CCCOCC(=O)N[C@H](C(=O)N5C[C@H](O)C[C@H]5C(=O)N[C@@H](C)c5ccc(-c6cncs6)cc5)C(C)(C)C)CC3)n4C(C)C)n2)CC1. The molecule has 0 bridgehead atoms. The second-order valence-corrected chi connectivity index (χ2v) is 22.2. The van der Waals surface area contributed by atoms with Gasteiger partial charge in [-0.05, 0) is 69.1 Å². The van der Waals surface area contributed by atoms with Gasteiger partial charge in [0.25, 0.3) is 0 Å². The van der Waals surface area contributed by atoms with Crippen molar-refractivity contribution in [2.45, 2.75) is 117 Å². The van der Waals surface area contributed by atoms with Gasteiger partial charge in [-0.3, -0.25) is 19.4 Å². The first-order valence-corrected chi connectivity index (χ1v) is 27.4. The smallest absolute Gasteiger partial charge is 0.246 e. The summed E-state index contributed by atoms with van der Waals surface area (Å²) in [5, 5.41) is 20.0. The molecule has 21 heteroatoms. The number of thiazole rings is 1. The number of aliphatic hydroxyl groups is 1. The Morgan fingerprint density at radius 2 is 1.57 bits per heavy atom. The van der Waals surface area contributed by atoms with Crippen LogP contribution in [0.2, 0.25) is 0 Å². The number of amides is 3. The Bertz CT molecular complexity index is 2630. The molecule has 7 heterocycles.